The molecule has 0 atom stereocenters. The third-order valence-electron chi connectivity index (χ3n) is 14.5. The highest BCUT2D eigenvalue weighted by atomic mass is 16.3. The van der Waals surface area contributed by atoms with E-state index in [1.54, 1.807) is 6.07 Å². The van der Waals surface area contributed by atoms with Crippen molar-refractivity contribution in [2.45, 2.75) is 6.42 Å². The van der Waals surface area contributed by atoms with E-state index in [0.29, 0.717) is 23.9 Å². The van der Waals surface area contributed by atoms with Gasteiger partial charge in [-0.3, -0.25) is 0 Å². The lowest BCUT2D eigenvalue weighted by Gasteiger charge is -2.14. The van der Waals surface area contributed by atoms with Gasteiger partial charge >= 0.3 is 0 Å². The second-order valence-electron chi connectivity index (χ2n) is 18.9. The summed E-state index contributed by atoms with van der Waals surface area (Å²) < 4.78 is 4.77. The van der Waals surface area contributed by atoms with Crippen LogP contribution in [0.15, 0.2) is 255 Å². The topological polar surface area (TPSA) is 68.8 Å². The minimum absolute atomic E-state index is 0.181. The number of aromatic hydroxyl groups is 1. The molecule has 1 aliphatic carbocycles. The lowest BCUT2D eigenvalue weighted by Crippen LogP contribution is -2.02. The molecule has 0 saturated heterocycles. The second-order valence-corrected chi connectivity index (χ2v) is 18.9. The van der Waals surface area contributed by atoms with Gasteiger partial charge in [0.1, 0.15) is 5.75 Å². The van der Waals surface area contributed by atoms with Crippen LogP contribution in [-0.4, -0.2) is 29.2 Å². The number of phenols is 1. The van der Waals surface area contributed by atoms with Gasteiger partial charge in [0.05, 0.1) is 22.1 Å². The fourth-order valence-corrected chi connectivity index (χ4v) is 11.0. The molecule has 348 valence electrons. The van der Waals surface area contributed by atoms with E-state index >= 15 is 0 Å². The summed E-state index contributed by atoms with van der Waals surface area (Å²) in [5.74, 6) is 1.83. The molecule has 74 heavy (non-hydrogen) atoms. The van der Waals surface area contributed by atoms with Crippen LogP contribution < -0.4 is 0 Å². The van der Waals surface area contributed by atoms with Crippen molar-refractivity contribution in [3.63, 3.8) is 0 Å². The van der Waals surface area contributed by atoms with Crippen molar-refractivity contribution in [2.24, 2.45) is 0 Å². The Morgan fingerprint density at radius 2 is 0.797 bits per heavy atom. The number of para-hydroxylation sites is 2. The third-order valence-corrected chi connectivity index (χ3v) is 14.5. The van der Waals surface area contributed by atoms with Crippen LogP contribution in [0.2, 0.25) is 0 Å². The molecule has 0 spiro atoms. The van der Waals surface area contributed by atoms with Gasteiger partial charge in [-0.05, 0) is 118 Å². The fraction of sp³-hybridized carbons (Fsp3) is 0.0147. The second kappa shape index (κ2) is 17.7. The molecule has 0 aliphatic heterocycles. The molecule has 13 aromatic rings. The number of nitrogens with zero attached hydrogens (tertiary/aromatic N) is 5. The Labute approximate surface area is 427 Å². The van der Waals surface area contributed by atoms with Crippen LogP contribution >= 0.6 is 0 Å². The van der Waals surface area contributed by atoms with Crippen LogP contribution in [0.1, 0.15) is 17.5 Å². The SMILES string of the molecule is Oc1cccc(-c2nc(-c3ccccc3)nc(-c3ccccc3)n2)c1C1=CC(c2ccc3c(c2)c2cc(-c4ccc5c(c4)c4ccccc4n5-c4cccc(-c5ccccc5)c4)ccc2n3-c2ccccc2)=CC1. The molecule has 0 unspecified atom stereocenters. The van der Waals surface area contributed by atoms with Gasteiger partial charge < -0.3 is 14.2 Å². The Balaban J connectivity index is 0.871. The predicted molar refractivity (Wildman–Crippen MR) is 304 cm³/mol. The number of hydrogen-bond donors (Lipinski definition) is 1. The highest BCUT2D eigenvalue weighted by Gasteiger charge is 2.23. The minimum atomic E-state index is 0.181. The number of allylic oxidation sites excluding steroid dienone is 4. The molecule has 3 heterocycles. The van der Waals surface area contributed by atoms with Crippen LogP contribution in [0.5, 0.6) is 5.75 Å². The molecule has 0 radical (unpaired) electrons. The van der Waals surface area contributed by atoms with E-state index in [1.807, 2.05) is 72.8 Å². The summed E-state index contributed by atoms with van der Waals surface area (Å²) in [5.41, 5.74) is 18.0. The first-order valence-electron chi connectivity index (χ1n) is 25.0. The van der Waals surface area contributed by atoms with E-state index in [2.05, 4.69) is 185 Å². The molecule has 14 rings (SSSR count). The van der Waals surface area contributed by atoms with Gasteiger partial charge in [-0.25, -0.2) is 15.0 Å². The minimum Gasteiger partial charge on any atom is -0.507 e. The van der Waals surface area contributed by atoms with Gasteiger partial charge in [-0.1, -0.05) is 182 Å². The zero-order valence-corrected chi connectivity index (χ0v) is 40.1. The molecule has 1 N–H and O–H groups in total. The maximum Gasteiger partial charge on any atom is 0.164 e. The normalized spacial score (nSPS) is 12.5. The van der Waals surface area contributed by atoms with E-state index in [9.17, 15) is 5.11 Å². The van der Waals surface area contributed by atoms with Crippen molar-refractivity contribution in [3.8, 4) is 73.5 Å². The highest BCUT2D eigenvalue weighted by Crippen LogP contribution is 2.44. The Morgan fingerprint density at radius 3 is 1.45 bits per heavy atom. The molecule has 0 amide bonds. The van der Waals surface area contributed by atoms with Gasteiger partial charge in [-0.15, -0.1) is 0 Å². The summed E-state index contributed by atoms with van der Waals surface area (Å²) in [5, 5.41) is 16.5. The first-order chi connectivity index (χ1) is 36.6. The maximum atomic E-state index is 11.7. The number of fused-ring (bicyclic) bond motifs is 6. The monoisotopic (exact) mass is 947 g/mol. The van der Waals surface area contributed by atoms with E-state index in [0.717, 1.165) is 77.9 Å². The van der Waals surface area contributed by atoms with Crippen LogP contribution in [0, 0.1) is 0 Å². The van der Waals surface area contributed by atoms with Gasteiger partial charge in [-0.2, -0.15) is 0 Å². The first kappa shape index (κ1) is 42.9. The number of rotatable bonds is 9. The third kappa shape index (κ3) is 7.39. The van der Waals surface area contributed by atoms with Gasteiger partial charge in [0.25, 0.3) is 0 Å². The summed E-state index contributed by atoms with van der Waals surface area (Å²) in [6.07, 6.45) is 5.10. The smallest absolute Gasteiger partial charge is 0.164 e. The summed E-state index contributed by atoms with van der Waals surface area (Å²) in [6.45, 7) is 0. The maximum absolute atomic E-state index is 11.7. The summed E-state index contributed by atoms with van der Waals surface area (Å²) in [7, 11) is 0. The molecule has 1 aliphatic rings. The lowest BCUT2D eigenvalue weighted by atomic mass is 9.96. The number of phenolic OH excluding ortho intramolecular Hbond substituents is 1. The van der Waals surface area contributed by atoms with Crippen molar-refractivity contribution in [3.05, 3.63) is 266 Å². The molecule has 6 nitrogen and oxygen atoms in total. The Kier molecular flexibility index (Phi) is 10.3. The fourth-order valence-electron chi connectivity index (χ4n) is 11.0. The van der Waals surface area contributed by atoms with Crippen molar-refractivity contribution in [2.75, 3.05) is 0 Å². The summed E-state index contributed by atoms with van der Waals surface area (Å²) >= 11 is 0. The van der Waals surface area contributed by atoms with E-state index < -0.39 is 0 Å². The Bertz CT molecular complexity index is 4320. The number of hydrogen-bond acceptors (Lipinski definition) is 4. The van der Waals surface area contributed by atoms with Crippen molar-refractivity contribution in [1.82, 2.24) is 24.1 Å². The average molecular weight is 948 g/mol. The highest BCUT2D eigenvalue weighted by molar-refractivity contribution is 6.13. The predicted octanol–water partition coefficient (Wildman–Crippen LogP) is 17.0. The summed E-state index contributed by atoms with van der Waals surface area (Å²) in [6, 6.07) is 85.0. The van der Waals surface area contributed by atoms with Crippen molar-refractivity contribution in [1.29, 1.82) is 0 Å². The van der Waals surface area contributed by atoms with Gasteiger partial charge in [0.2, 0.25) is 0 Å². The van der Waals surface area contributed by atoms with Crippen LogP contribution in [-0.2, 0) is 0 Å². The Morgan fingerprint density at radius 1 is 0.338 bits per heavy atom. The van der Waals surface area contributed by atoms with Gasteiger partial charge in [0, 0.05) is 55.2 Å². The van der Waals surface area contributed by atoms with Crippen LogP contribution in [0.3, 0.4) is 0 Å². The largest absolute Gasteiger partial charge is 0.507 e. The van der Waals surface area contributed by atoms with E-state index in [1.165, 1.54) is 38.3 Å². The quantitative estimate of drug-likeness (QED) is 0.157. The number of aromatic nitrogens is 5. The van der Waals surface area contributed by atoms with Crippen molar-refractivity contribution >= 4 is 54.8 Å². The van der Waals surface area contributed by atoms with E-state index in [4.69, 9.17) is 15.0 Å². The standard InChI is InChI=1S/C68H45N5O/c74-64-30-16-28-56(68-70-66(45-19-7-2-8-20-45)69-67(71-68)46-21-9-3-10-22-46)65(64)52-32-31-48(39-52)49-33-37-62-58(42-49)59-43-51(35-38-63(59)72(62)53-24-11-4-12-25-53)50-34-36-61-57(41-50)55-27-13-14-29-60(55)73(61)54-26-15-23-47(40-54)44-17-5-1-6-18-44/h1-31,33-43,74H,32H2. The summed E-state index contributed by atoms with van der Waals surface area (Å²) in [4.78, 5) is 15.0. The Hall–Kier alpha value is -9.91. The van der Waals surface area contributed by atoms with Crippen molar-refractivity contribution < 1.29 is 5.11 Å². The molecule has 0 fully saturated rings. The molecule has 6 heteroatoms. The molecule has 0 saturated carbocycles. The zero-order valence-electron chi connectivity index (χ0n) is 40.1. The molecule has 10 aromatic carbocycles. The molecule has 3 aromatic heterocycles. The molecular weight excluding hydrogens is 903 g/mol. The average Bonchev–Trinajstić information content (AvgIpc) is 4.18. The lowest BCUT2D eigenvalue weighted by molar-refractivity contribution is 0.473. The number of benzene rings is 10. The molecule has 0 bridgehead atoms. The molecular formula is C68H45N5O. The zero-order chi connectivity index (χ0) is 49.1. The first-order valence-corrected chi connectivity index (χ1v) is 25.0. The van der Waals surface area contributed by atoms with Crippen LogP contribution in [0.25, 0.3) is 123 Å². The van der Waals surface area contributed by atoms with E-state index in [-0.39, 0.29) is 5.75 Å². The van der Waals surface area contributed by atoms with Gasteiger partial charge in [0.15, 0.2) is 17.5 Å². The van der Waals surface area contributed by atoms with Crippen LogP contribution in [0.4, 0.5) is 0 Å².